The van der Waals surface area contributed by atoms with E-state index in [1.165, 1.54) is 12.5 Å². The minimum absolute atomic E-state index is 0. The number of halogens is 1. The zero-order valence-electron chi connectivity index (χ0n) is 17.1. The number of carbonyl (C=O) groups is 2. The van der Waals surface area contributed by atoms with Crippen LogP contribution in [0.25, 0.3) is 0 Å². The van der Waals surface area contributed by atoms with Crippen LogP contribution < -0.4 is 11.1 Å². The summed E-state index contributed by atoms with van der Waals surface area (Å²) in [5.41, 5.74) is 7.40. The third-order valence-electron chi connectivity index (χ3n) is 5.88. The highest BCUT2D eigenvalue weighted by Crippen LogP contribution is 2.34. The highest BCUT2D eigenvalue weighted by molar-refractivity contribution is 6.08. The standard InChI is InChI=1S/C23H21N5O3.ClH/c24-10-15-5-7-16(8-6-15)13-28-14-26-12-20(28)23(21(25)29,22(30)31)19-9-17-3-1-2-4-18(17)11-27-19;/h1-8,12,14,19,27H,9,11,13H2,(H2,25,29)(H,30,31);1H. The molecule has 2 heterocycles. The molecular formula is C23H22ClN5O3. The van der Waals surface area contributed by atoms with Crippen LogP contribution in [0.5, 0.6) is 0 Å². The smallest absolute Gasteiger partial charge is 0.327 e. The highest BCUT2D eigenvalue weighted by atomic mass is 35.5. The molecule has 2 unspecified atom stereocenters. The fourth-order valence-corrected chi connectivity index (χ4v) is 4.26. The molecule has 0 saturated carbocycles. The molecule has 2 aromatic carbocycles. The number of benzene rings is 2. The first-order valence-corrected chi connectivity index (χ1v) is 9.80. The van der Waals surface area contributed by atoms with E-state index in [0.29, 0.717) is 18.5 Å². The zero-order chi connectivity index (χ0) is 22.0. The Hall–Kier alpha value is -3.67. The molecule has 8 nitrogen and oxygen atoms in total. The summed E-state index contributed by atoms with van der Waals surface area (Å²) in [5.74, 6) is -2.27. The summed E-state index contributed by atoms with van der Waals surface area (Å²) in [6.45, 7) is 0.722. The number of hydrogen-bond acceptors (Lipinski definition) is 5. The molecule has 32 heavy (non-hydrogen) atoms. The molecule has 0 aliphatic carbocycles. The Bertz CT molecular complexity index is 1170. The van der Waals surface area contributed by atoms with Crippen LogP contribution >= 0.6 is 12.4 Å². The van der Waals surface area contributed by atoms with Gasteiger partial charge in [0, 0.05) is 25.3 Å². The van der Waals surface area contributed by atoms with E-state index in [2.05, 4.69) is 16.4 Å². The number of hydrogen-bond donors (Lipinski definition) is 3. The number of imidazole rings is 1. The Morgan fingerprint density at radius 3 is 2.53 bits per heavy atom. The molecule has 0 radical (unpaired) electrons. The van der Waals surface area contributed by atoms with Crippen LogP contribution in [0.4, 0.5) is 0 Å². The van der Waals surface area contributed by atoms with E-state index in [4.69, 9.17) is 11.0 Å². The van der Waals surface area contributed by atoms with Gasteiger partial charge in [-0.25, -0.2) is 4.98 Å². The summed E-state index contributed by atoms with van der Waals surface area (Å²) in [4.78, 5) is 29.6. The van der Waals surface area contributed by atoms with Crippen molar-refractivity contribution in [3.63, 3.8) is 0 Å². The Balaban J connectivity index is 0.00000289. The number of nitriles is 1. The summed E-state index contributed by atoms with van der Waals surface area (Å²) in [5, 5.41) is 22.5. The number of nitrogens with two attached hydrogens (primary N) is 1. The van der Waals surface area contributed by atoms with Gasteiger partial charge in [0.15, 0.2) is 0 Å². The monoisotopic (exact) mass is 451 g/mol. The summed E-state index contributed by atoms with van der Waals surface area (Å²) >= 11 is 0. The van der Waals surface area contributed by atoms with Crippen LogP contribution in [0.3, 0.4) is 0 Å². The largest absolute Gasteiger partial charge is 0.480 e. The number of carbonyl (C=O) groups excluding carboxylic acids is 1. The summed E-state index contributed by atoms with van der Waals surface area (Å²) in [7, 11) is 0. The molecule has 2 atom stereocenters. The number of primary amides is 1. The van der Waals surface area contributed by atoms with Crippen LogP contribution in [-0.2, 0) is 34.5 Å². The SMILES string of the molecule is Cl.N#Cc1ccc(Cn2cncc2C(C(N)=O)(C(=O)O)C2Cc3ccccc3CN2)cc1. The molecular weight excluding hydrogens is 430 g/mol. The summed E-state index contributed by atoms with van der Waals surface area (Å²) in [6.07, 6.45) is 3.23. The second-order valence-electron chi connectivity index (χ2n) is 7.60. The topological polar surface area (TPSA) is 134 Å². The van der Waals surface area contributed by atoms with Gasteiger partial charge >= 0.3 is 5.97 Å². The van der Waals surface area contributed by atoms with E-state index in [-0.39, 0.29) is 24.6 Å². The van der Waals surface area contributed by atoms with Gasteiger partial charge in [0.05, 0.1) is 23.7 Å². The summed E-state index contributed by atoms with van der Waals surface area (Å²) < 4.78 is 1.63. The molecule has 4 rings (SSSR count). The molecule has 3 aromatic rings. The predicted octanol–water partition coefficient (Wildman–Crippen LogP) is 1.75. The maximum atomic E-state index is 12.8. The Kier molecular flexibility index (Phi) is 6.63. The molecule has 4 N–H and O–H groups in total. The Morgan fingerprint density at radius 2 is 1.91 bits per heavy atom. The van der Waals surface area contributed by atoms with Gasteiger partial charge in [-0.05, 0) is 35.2 Å². The van der Waals surface area contributed by atoms with E-state index in [9.17, 15) is 14.7 Å². The lowest BCUT2D eigenvalue weighted by Crippen LogP contribution is -2.63. The van der Waals surface area contributed by atoms with Gasteiger partial charge in [-0.3, -0.25) is 9.59 Å². The fourth-order valence-electron chi connectivity index (χ4n) is 4.26. The van der Waals surface area contributed by atoms with Crippen molar-refractivity contribution < 1.29 is 14.7 Å². The Morgan fingerprint density at radius 1 is 1.22 bits per heavy atom. The van der Waals surface area contributed by atoms with E-state index >= 15 is 0 Å². The van der Waals surface area contributed by atoms with E-state index in [1.54, 1.807) is 28.8 Å². The third-order valence-corrected chi connectivity index (χ3v) is 5.88. The van der Waals surface area contributed by atoms with Crippen LogP contribution in [0.2, 0.25) is 0 Å². The number of carboxylic acids is 1. The van der Waals surface area contributed by atoms with E-state index in [0.717, 1.165) is 16.7 Å². The molecule has 1 aromatic heterocycles. The van der Waals surface area contributed by atoms with Crippen molar-refractivity contribution >= 4 is 24.3 Å². The quantitative estimate of drug-likeness (QED) is 0.489. The molecule has 1 aliphatic heterocycles. The molecule has 164 valence electrons. The molecule has 1 amide bonds. The van der Waals surface area contributed by atoms with E-state index in [1.807, 2.05) is 24.3 Å². The average Bonchev–Trinajstić information content (AvgIpc) is 3.22. The van der Waals surface area contributed by atoms with Crippen molar-refractivity contribution in [1.82, 2.24) is 14.9 Å². The molecule has 0 bridgehead atoms. The average molecular weight is 452 g/mol. The number of aromatic nitrogens is 2. The maximum absolute atomic E-state index is 12.8. The van der Waals surface area contributed by atoms with Crippen molar-refractivity contribution in [1.29, 1.82) is 5.26 Å². The van der Waals surface area contributed by atoms with Crippen LogP contribution in [-0.4, -0.2) is 32.6 Å². The first kappa shape index (κ1) is 23.0. The van der Waals surface area contributed by atoms with Gasteiger partial charge in [-0.15, -0.1) is 12.4 Å². The van der Waals surface area contributed by atoms with Gasteiger partial charge in [-0.2, -0.15) is 5.26 Å². The molecule has 0 spiro atoms. The number of carboxylic acid groups (broad SMARTS) is 1. The second-order valence-corrected chi connectivity index (χ2v) is 7.60. The predicted molar refractivity (Wildman–Crippen MR) is 119 cm³/mol. The zero-order valence-corrected chi connectivity index (χ0v) is 17.9. The normalized spacial score (nSPS) is 16.7. The van der Waals surface area contributed by atoms with Crippen molar-refractivity contribution in [2.24, 2.45) is 5.73 Å². The number of aliphatic carboxylic acids is 1. The first-order valence-electron chi connectivity index (χ1n) is 9.80. The van der Waals surface area contributed by atoms with Gasteiger partial charge < -0.3 is 20.7 Å². The van der Waals surface area contributed by atoms with Gasteiger partial charge in [-0.1, -0.05) is 36.4 Å². The first-order chi connectivity index (χ1) is 15.0. The van der Waals surface area contributed by atoms with Crippen LogP contribution in [0, 0.1) is 11.3 Å². The lowest BCUT2D eigenvalue weighted by atomic mass is 9.72. The molecule has 0 fully saturated rings. The van der Waals surface area contributed by atoms with E-state index < -0.39 is 23.3 Å². The minimum atomic E-state index is -2.00. The van der Waals surface area contributed by atoms with Gasteiger partial charge in [0.1, 0.15) is 0 Å². The van der Waals surface area contributed by atoms with Crippen LogP contribution in [0.15, 0.2) is 61.1 Å². The number of rotatable bonds is 6. The summed E-state index contributed by atoms with van der Waals surface area (Å²) in [6, 6.07) is 16.0. The van der Waals surface area contributed by atoms with Crippen molar-refractivity contribution in [3.8, 4) is 6.07 Å². The number of fused-ring (bicyclic) bond motifs is 1. The van der Waals surface area contributed by atoms with Gasteiger partial charge in [0.2, 0.25) is 11.3 Å². The third kappa shape index (κ3) is 3.84. The van der Waals surface area contributed by atoms with Gasteiger partial charge in [0.25, 0.3) is 0 Å². The molecule has 1 aliphatic rings. The van der Waals surface area contributed by atoms with Crippen molar-refractivity contribution in [3.05, 3.63) is 89.0 Å². The highest BCUT2D eigenvalue weighted by Gasteiger charge is 2.55. The van der Waals surface area contributed by atoms with Crippen molar-refractivity contribution in [2.45, 2.75) is 31.0 Å². The lowest BCUT2D eigenvalue weighted by Gasteiger charge is -2.38. The fraction of sp³-hybridized carbons (Fsp3) is 0.217. The maximum Gasteiger partial charge on any atom is 0.327 e. The molecule has 9 heteroatoms. The Labute approximate surface area is 191 Å². The second kappa shape index (κ2) is 9.22. The number of amides is 1. The van der Waals surface area contributed by atoms with Crippen molar-refractivity contribution in [2.75, 3.05) is 0 Å². The number of nitrogens with one attached hydrogen (secondary N) is 1. The molecule has 0 saturated heterocycles. The minimum Gasteiger partial charge on any atom is -0.480 e. The van der Waals surface area contributed by atoms with Crippen LogP contribution in [0.1, 0.15) is 27.9 Å². The lowest BCUT2D eigenvalue weighted by molar-refractivity contribution is -0.150. The number of nitrogens with zero attached hydrogens (tertiary/aromatic N) is 3.